The third-order valence-electron chi connectivity index (χ3n) is 2.92. The average molecular weight is 243 g/mol. The second-order valence-electron chi connectivity index (χ2n) is 4.20. The molecule has 92 valence electrons. The Morgan fingerprint density at radius 3 is 2.18 bits per heavy atom. The van der Waals surface area contributed by atoms with Crippen LogP contribution >= 0.6 is 0 Å². The zero-order chi connectivity index (χ0) is 12.4. The number of halogens is 3. The number of hydrogen-bond donors (Lipinski definition) is 1. The molecule has 0 heterocycles. The van der Waals surface area contributed by atoms with Gasteiger partial charge in [0.1, 0.15) is 23.0 Å². The van der Waals surface area contributed by atoms with E-state index in [0.717, 1.165) is 25.7 Å². The van der Waals surface area contributed by atoms with Crippen LogP contribution in [0.5, 0.6) is 0 Å². The Bertz CT molecular complexity index is 418. The van der Waals surface area contributed by atoms with Gasteiger partial charge in [0.05, 0.1) is 0 Å². The number of amides is 1. The highest BCUT2D eigenvalue weighted by Crippen LogP contribution is 2.20. The minimum absolute atomic E-state index is 0.0358. The largest absolute Gasteiger partial charge is 0.349 e. The minimum atomic E-state index is -1.17. The first-order chi connectivity index (χ1) is 8.08. The van der Waals surface area contributed by atoms with Crippen LogP contribution in [0, 0.1) is 17.5 Å². The quantitative estimate of drug-likeness (QED) is 0.850. The number of carbonyl (C=O) groups is 1. The van der Waals surface area contributed by atoms with Gasteiger partial charge in [-0.1, -0.05) is 12.8 Å². The van der Waals surface area contributed by atoms with Gasteiger partial charge in [-0.05, 0) is 12.8 Å². The van der Waals surface area contributed by atoms with Crippen molar-refractivity contribution in [2.24, 2.45) is 0 Å². The zero-order valence-electron chi connectivity index (χ0n) is 9.10. The van der Waals surface area contributed by atoms with Crippen molar-refractivity contribution in [3.05, 3.63) is 35.1 Å². The van der Waals surface area contributed by atoms with E-state index in [0.29, 0.717) is 12.1 Å². The molecule has 5 heteroatoms. The van der Waals surface area contributed by atoms with Gasteiger partial charge in [0, 0.05) is 18.2 Å². The molecular formula is C12H12F3NO. The number of carbonyl (C=O) groups excluding carboxylic acids is 1. The normalized spacial score (nSPS) is 16.2. The van der Waals surface area contributed by atoms with Crippen LogP contribution in [0.15, 0.2) is 12.1 Å². The highest BCUT2D eigenvalue weighted by molar-refractivity contribution is 5.94. The summed E-state index contributed by atoms with van der Waals surface area (Å²) in [6.45, 7) is 0. The smallest absolute Gasteiger partial charge is 0.257 e. The van der Waals surface area contributed by atoms with Gasteiger partial charge >= 0.3 is 0 Å². The lowest BCUT2D eigenvalue weighted by molar-refractivity contribution is 0.0929. The summed E-state index contributed by atoms with van der Waals surface area (Å²) < 4.78 is 39.3. The molecular weight excluding hydrogens is 231 g/mol. The van der Waals surface area contributed by atoms with Gasteiger partial charge in [-0.2, -0.15) is 0 Å². The topological polar surface area (TPSA) is 29.1 Å². The van der Waals surface area contributed by atoms with Gasteiger partial charge in [0.15, 0.2) is 0 Å². The fourth-order valence-electron chi connectivity index (χ4n) is 2.09. The van der Waals surface area contributed by atoms with Crippen molar-refractivity contribution in [2.75, 3.05) is 0 Å². The number of rotatable bonds is 2. The fraction of sp³-hybridized carbons (Fsp3) is 0.417. The average Bonchev–Trinajstić information content (AvgIpc) is 2.68. The third-order valence-corrected chi connectivity index (χ3v) is 2.92. The van der Waals surface area contributed by atoms with Gasteiger partial charge in [-0.15, -0.1) is 0 Å². The van der Waals surface area contributed by atoms with Crippen molar-refractivity contribution in [1.29, 1.82) is 0 Å². The van der Waals surface area contributed by atoms with E-state index in [4.69, 9.17) is 0 Å². The van der Waals surface area contributed by atoms with Crippen LogP contribution in [0.4, 0.5) is 13.2 Å². The Kier molecular flexibility index (Phi) is 3.36. The molecule has 1 aliphatic rings. The number of nitrogens with one attached hydrogen (secondary N) is 1. The molecule has 1 aliphatic carbocycles. The summed E-state index contributed by atoms with van der Waals surface area (Å²) in [6.07, 6.45) is 3.63. The highest BCUT2D eigenvalue weighted by atomic mass is 19.1. The molecule has 0 spiro atoms. The molecule has 0 radical (unpaired) electrons. The van der Waals surface area contributed by atoms with E-state index in [1.54, 1.807) is 0 Å². The van der Waals surface area contributed by atoms with Crippen LogP contribution < -0.4 is 5.32 Å². The molecule has 0 unspecified atom stereocenters. The van der Waals surface area contributed by atoms with Crippen LogP contribution in [0.25, 0.3) is 0 Å². The van der Waals surface area contributed by atoms with E-state index in [1.807, 2.05) is 0 Å². The standard InChI is InChI=1S/C12H12F3NO/c13-7-5-9(14)11(10(15)6-7)12(17)16-8-3-1-2-4-8/h5-6,8H,1-4H2,(H,16,17). The Morgan fingerprint density at radius 1 is 1.12 bits per heavy atom. The SMILES string of the molecule is O=C(NC1CCCC1)c1c(F)cc(F)cc1F. The van der Waals surface area contributed by atoms with Gasteiger partial charge in [-0.25, -0.2) is 13.2 Å². The maximum Gasteiger partial charge on any atom is 0.257 e. The lowest BCUT2D eigenvalue weighted by Gasteiger charge is -2.12. The van der Waals surface area contributed by atoms with Crippen molar-refractivity contribution in [3.8, 4) is 0 Å². The molecule has 1 saturated carbocycles. The van der Waals surface area contributed by atoms with E-state index in [2.05, 4.69) is 5.32 Å². The van der Waals surface area contributed by atoms with Crippen molar-refractivity contribution in [3.63, 3.8) is 0 Å². The van der Waals surface area contributed by atoms with Gasteiger partial charge in [-0.3, -0.25) is 4.79 Å². The van der Waals surface area contributed by atoms with E-state index >= 15 is 0 Å². The summed E-state index contributed by atoms with van der Waals surface area (Å²) in [7, 11) is 0. The van der Waals surface area contributed by atoms with Gasteiger partial charge in [0.25, 0.3) is 5.91 Å². The number of hydrogen-bond acceptors (Lipinski definition) is 1. The first kappa shape index (κ1) is 12.0. The second kappa shape index (κ2) is 4.77. The van der Waals surface area contributed by atoms with Crippen LogP contribution in [0.2, 0.25) is 0 Å². The molecule has 17 heavy (non-hydrogen) atoms. The summed E-state index contributed by atoms with van der Waals surface area (Å²) in [5.41, 5.74) is -0.710. The molecule has 0 bridgehead atoms. The molecule has 1 fully saturated rings. The fourth-order valence-corrected chi connectivity index (χ4v) is 2.09. The van der Waals surface area contributed by atoms with E-state index in [1.165, 1.54) is 0 Å². The monoisotopic (exact) mass is 243 g/mol. The maximum absolute atomic E-state index is 13.3. The van der Waals surface area contributed by atoms with Gasteiger partial charge in [0.2, 0.25) is 0 Å². The Labute approximate surface area is 96.8 Å². The predicted molar refractivity (Wildman–Crippen MR) is 56.0 cm³/mol. The lowest BCUT2D eigenvalue weighted by Crippen LogP contribution is -2.33. The molecule has 1 N–H and O–H groups in total. The highest BCUT2D eigenvalue weighted by Gasteiger charge is 2.23. The second-order valence-corrected chi connectivity index (χ2v) is 4.20. The Balaban J connectivity index is 2.18. The van der Waals surface area contributed by atoms with Crippen LogP contribution in [-0.2, 0) is 0 Å². The van der Waals surface area contributed by atoms with Crippen molar-refractivity contribution in [1.82, 2.24) is 5.32 Å². The Hall–Kier alpha value is -1.52. The van der Waals surface area contributed by atoms with E-state index < -0.39 is 28.9 Å². The maximum atomic E-state index is 13.3. The van der Waals surface area contributed by atoms with Crippen LogP contribution in [0.3, 0.4) is 0 Å². The van der Waals surface area contributed by atoms with Crippen LogP contribution in [-0.4, -0.2) is 11.9 Å². The molecule has 0 aliphatic heterocycles. The summed E-state index contributed by atoms with van der Waals surface area (Å²) >= 11 is 0. The molecule has 2 nitrogen and oxygen atoms in total. The molecule has 0 aromatic heterocycles. The first-order valence-electron chi connectivity index (χ1n) is 5.53. The molecule has 1 aromatic rings. The van der Waals surface area contributed by atoms with Crippen molar-refractivity contribution < 1.29 is 18.0 Å². The molecule has 2 rings (SSSR count). The molecule has 0 saturated heterocycles. The van der Waals surface area contributed by atoms with Crippen molar-refractivity contribution in [2.45, 2.75) is 31.7 Å². The molecule has 1 aromatic carbocycles. The zero-order valence-corrected chi connectivity index (χ0v) is 9.10. The van der Waals surface area contributed by atoms with E-state index in [9.17, 15) is 18.0 Å². The molecule has 0 atom stereocenters. The summed E-state index contributed by atoms with van der Waals surface area (Å²) in [5.74, 6) is -4.18. The van der Waals surface area contributed by atoms with E-state index in [-0.39, 0.29) is 6.04 Å². The first-order valence-corrected chi connectivity index (χ1v) is 5.53. The summed E-state index contributed by atoms with van der Waals surface area (Å²) in [5, 5.41) is 2.55. The van der Waals surface area contributed by atoms with Gasteiger partial charge < -0.3 is 5.32 Å². The lowest BCUT2D eigenvalue weighted by atomic mass is 10.1. The van der Waals surface area contributed by atoms with Crippen LogP contribution in [0.1, 0.15) is 36.0 Å². The summed E-state index contributed by atoms with van der Waals surface area (Å²) in [4.78, 5) is 11.6. The minimum Gasteiger partial charge on any atom is -0.349 e. The Morgan fingerprint density at radius 2 is 1.65 bits per heavy atom. The number of benzene rings is 1. The predicted octanol–water partition coefficient (Wildman–Crippen LogP) is 2.78. The summed E-state index contributed by atoms with van der Waals surface area (Å²) in [6, 6.07) is 0.977. The molecule has 1 amide bonds. The third kappa shape index (κ3) is 2.60. The van der Waals surface area contributed by atoms with Crippen molar-refractivity contribution >= 4 is 5.91 Å².